The molecule has 2 aromatic rings. The zero-order valence-corrected chi connectivity index (χ0v) is 12.2. The molecule has 110 valence electrons. The van der Waals surface area contributed by atoms with Gasteiger partial charge in [-0.3, -0.25) is 4.79 Å². The van der Waals surface area contributed by atoms with Gasteiger partial charge in [0.15, 0.2) is 0 Å². The summed E-state index contributed by atoms with van der Waals surface area (Å²) in [6, 6.07) is 14.1. The van der Waals surface area contributed by atoms with E-state index in [1.165, 1.54) is 0 Å². The number of carbonyl (C=O) groups excluding carboxylic acids is 1. The summed E-state index contributed by atoms with van der Waals surface area (Å²) in [7, 11) is 0. The van der Waals surface area contributed by atoms with E-state index in [-0.39, 0.29) is 18.1 Å². The van der Waals surface area contributed by atoms with Crippen LogP contribution >= 0.6 is 11.6 Å². The second-order valence-electron chi connectivity index (χ2n) is 4.75. The molecular formula is C16H17ClN2O2. The average Bonchev–Trinajstić information content (AvgIpc) is 2.47. The van der Waals surface area contributed by atoms with Gasteiger partial charge in [-0.05, 0) is 24.1 Å². The predicted octanol–water partition coefficient (Wildman–Crippen LogP) is 2.26. The van der Waals surface area contributed by atoms with E-state index in [1.807, 2.05) is 30.3 Å². The first-order valence-electron chi connectivity index (χ1n) is 6.61. The van der Waals surface area contributed by atoms with E-state index in [2.05, 4.69) is 5.32 Å². The lowest BCUT2D eigenvalue weighted by Crippen LogP contribution is -2.39. The number of hydrogen-bond acceptors (Lipinski definition) is 3. The Kier molecular flexibility index (Phi) is 5.20. The van der Waals surface area contributed by atoms with Crippen molar-refractivity contribution < 1.29 is 9.90 Å². The quantitative estimate of drug-likeness (QED) is 0.742. The molecule has 0 aliphatic heterocycles. The van der Waals surface area contributed by atoms with Crippen molar-refractivity contribution in [3.8, 4) is 0 Å². The second-order valence-corrected chi connectivity index (χ2v) is 5.15. The van der Waals surface area contributed by atoms with E-state index in [0.29, 0.717) is 17.1 Å². The van der Waals surface area contributed by atoms with Crippen LogP contribution in [0.1, 0.15) is 15.9 Å². The van der Waals surface area contributed by atoms with Crippen molar-refractivity contribution in [3.05, 3.63) is 64.7 Å². The van der Waals surface area contributed by atoms with Crippen LogP contribution in [0.25, 0.3) is 0 Å². The van der Waals surface area contributed by atoms with Gasteiger partial charge in [0.2, 0.25) is 0 Å². The number of nitrogen functional groups attached to an aromatic ring is 1. The van der Waals surface area contributed by atoms with Gasteiger partial charge in [-0.15, -0.1) is 0 Å². The standard InChI is InChI=1S/C16H17ClN2O2/c17-13-7-4-8-14(18)15(13)16(21)19-12(10-20)9-11-5-2-1-3-6-11/h1-8,12,20H,9-10,18H2,(H,19,21)/t12-/m0/s1. The maximum atomic E-state index is 12.3. The Morgan fingerprint density at radius 1 is 1.19 bits per heavy atom. The Balaban J connectivity index is 2.10. The SMILES string of the molecule is Nc1cccc(Cl)c1C(=O)N[C@H](CO)Cc1ccccc1. The van der Waals surface area contributed by atoms with Crippen LogP contribution < -0.4 is 11.1 Å². The lowest BCUT2D eigenvalue weighted by molar-refractivity contribution is 0.0917. The number of nitrogens with two attached hydrogens (primary N) is 1. The first-order valence-corrected chi connectivity index (χ1v) is 6.99. The topological polar surface area (TPSA) is 75.4 Å². The Bertz CT molecular complexity index is 597. The summed E-state index contributed by atoms with van der Waals surface area (Å²) in [5, 5.41) is 12.5. The van der Waals surface area contributed by atoms with Crippen LogP contribution in [0.15, 0.2) is 48.5 Å². The Labute approximate surface area is 128 Å². The van der Waals surface area contributed by atoms with Crippen molar-refractivity contribution in [2.75, 3.05) is 12.3 Å². The molecule has 21 heavy (non-hydrogen) atoms. The molecule has 0 radical (unpaired) electrons. The number of carbonyl (C=O) groups is 1. The lowest BCUT2D eigenvalue weighted by Gasteiger charge is -2.17. The van der Waals surface area contributed by atoms with Crippen molar-refractivity contribution in [2.24, 2.45) is 0 Å². The first-order chi connectivity index (χ1) is 10.1. The van der Waals surface area contributed by atoms with E-state index in [4.69, 9.17) is 17.3 Å². The van der Waals surface area contributed by atoms with Crippen LogP contribution in [0.3, 0.4) is 0 Å². The molecule has 0 bridgehead atoms. The number of aliphatic hydroxyl groups is 1. The maximum Gasteiger partial charge on any atom is 0.255 e. The molecule has 0 aliphatic rings. The third-order valence-electron chi connectivity index (χ3n) is 3.15. The molecule has 5 heteroatoms. The molecule has 2 aromatic carbocycles. The molecule has 0 aliphatic carbocycles. The van der Waals surface area contributed by atoms with Gasteiger partial charge in [0, 0.05) is 5.69 Å². The summed E-state index contributed by atoms with van der Waals surface area (Å²) < 4.78 is 0. The van der Waals surface area contributed by atoms with Crippen molar-refractivity contribution in [2.45, 2.75) is 12.5 Å². The molecular weight excluding hydrogens is 288 g/mol. The highest BCUT2D eigenvalue weighted by Gasteiger charge is 2.18. The van der Waals surface area contributed by atoms with Gasteiger partial charge in [-0.1, -0.05) is 48.0 Å². The second kappa shape index (κ2) is 7.11. The normalized spacial score (nSPS) is 11.9. The van der Waals surface area contributed by atoms with Gasteiger partial charge in [0.1, 0.15) is 0 Å². The summed E-state index contributed by atoms with van der Waals surface area (Å²) in [5.74, 6) is -0.381. The first kappa shape index (κ1) is 15.4. The molecule has 0 heterocycles. The molecule has 0 saturated heterocycles. The summed E-state index contributed by atoms with van der Waals surface area (Å²) in [5.41, 5.74) is 7.37. The van der Waals surface area contributed by atoms with Crippen LogP contribution in [0.2, 0.25) is 5.02 Å². The zero-order valence-electron chi connectivity index (χ0n) is 11.4. The Morgan fingerprint density at radius 2 is 1.90 bits per heavy atom. The summed E-state index contributed by atoms with van der Waals surface area (Å²) in [6.07, 6.45) is 0.535. The van der Waals surface area contributed by atoms with Gasteiger partial charge in [0.25, 0.3) is 5.91 Å². The van der Waals surface area contributed by atoms with Gasteiger partial charge in [-0.25, -0.2) is 0 Å². The number of halogens is 1. The fraction of sp³-hybridized carbons (Fsp3) is 0.188. The number of hydrogen-bond donors (Lipinski definition) is 3. The van der Waals surface area contributed by atoms with Gasteiger partial charge in [0.05, 0.1) is 23.2 Å². The molecule has 1 atom stereocenters. The minimum atomic E-state index is -0.393. The number of anilines is 1. The monoisotopic (exact) mass is 304 g/mol. The third kappa shape index (κ3) is 3.97. The fourth-order valence-corrected chi connectivity index (χ4v) is 2.37. The number of benzene rings is 2. The minimum Gasteiger partial charge on any atom is -0.398 e. The van der Waals surface area contributed by atoms with Crippen molar-refractivity contribution in [1.82, 2.24) is 5.32 Å². The predicted molar refractivity (Wildman–Crippen MR) is 84.4 cm³/mol. The van der Waals surface area contributed by atoms with Crippen LogP contribution in [-0.2, 0) is 6.42 Å². The molecule has 0 spiro atoms. The number of rotatable bonds is 5. The molecule has 0 unspecified atom stereocenters. The molecule has 0 fully saturated rings. The van der Waals surface area contributed by atoms with Crippen LogP contribution in [0.4, 0.5) is 5.69 Å². The summed E-state index contributed by atoms with van der Waals surface area (Å²) in [4.78, 5) is 12.3. The fourth-order valence-electron chi connectivity index (χ4n) is 2.10. The minimum absolute atomic E-state index is 0.162. The lowest BCUT2D eigenvalue weighted by atomic mass is 10.1. The summed E-state index contributed by atoms with van der Waals surface area (Å²) in [6.45, 7) is -0.162. The van der Waals surface area contributed by atoms with E-state index in [0.717, 1.165) is 5.56 Å². The van der Waals surface area contributed by atoms with E-state index < -0.39 is 6.04 Å². The average molecular weight is 305 g/mol. The van der Waals surface area contributed by atoms with Crippen LogP contribution in [-0.4, -0.2) is 23.7 Å². The number of nitrogens with one attached hydrogen (secondary N) is 1. The smallest absolute Gasteiger partial charge is 0.255 e. The Hall–Kier alpha value is -2.04. The van der Waals surface area contributed by atoms with Gasteiger partial charge in [-0.2, -0.15) is 0 Å². The molecule has 0 aromatic heterocycles. The van der Waals surface area contributed by atoms with Crippen LogP contribution in [0, 0.1) is 0 Å². The van der Waals surface area contributed by atoms with E-state index in [9.17, 15) is 9.90 Å². The third-order valence-corrected chi connectivity index (χ3v) is 3.47. The maximum absolute atomic E-state index is 12.3. The highest BCUT2D eigenvalue weighted by molar-refractivity contribution is 6.34. The molecule has 1 amide bonds. The Morgan fingerprint density at radius 3 is 2.52 bits per heavy atom. The number of amides is 1. The van der Waals surface area contributed by atoms with E-state index >= 15 is 0 Å². The van der Waals surface area contributed by atoms with Crippen molar-refractivity contribution in [3.63, 3.8) is 0 Å². The van der Waals surface area contributed by atoms with Crippen molar-refractivity contribution in [1.29, 1.82) is 0 Å². The van der Waals surface area contributed by atoms with E-state index in [1.54, 1.807) is 18.2 Å². The zero-order chi connectivity index (χ0) is 15.2. The molecule has 4 N–H and O–H groups in total. The van der Waals surface area contributed by atoms with Crippen LogP contribution in [0.5, 0.6) is 0 Å². The molecule has 0 saturated carbocycles. The molecule has 4 nitrogen and oxygen atoms in total. The number of aliphatic hydroxyl groups excluding tert-OH is 1. The summed E-state index contributed by atoms with van der Waals surface area (Å²) >= 11 is 6.01. The highest BCUT2D eigenvalue weighted by atomic mass is 35.5. The molecule has 2 rings (SSSR count). The van der Waals surface area contributed by atoms with Gasteiger partial charge >= 0.3 is 0 Å². The van der Waals surface area contributed by atoms with Crippen molar-refractivity contribution >= 4 is 23.2 Å². The highest BCUT2D eigenvalue weighted by Crippen LogP contribution is 2.21. The largest absolute Gasteiger partial charge is 0.398 e. The van der Waals surface area contributed by atoms with Gasteiger partial charge < -0.3 is 16.2 Å².